The Bertz CT molecular complexity index is 433. The molecular formula is C8H9N7. The van der Waals surface area contributed by atoms with Crippen LogP contribution in [0.2, 0.25) is 0 Å². The Kier molecular flexibility index (Phi) is 2.54. The van der Waals surface area contributed by atoms with Crippen LogP contribution < -0.4 is 11.1 Å². The second-order valence-electron chi connectivity index (χ2n) is 2.70. The molecule has 0 aliphatic rings. The summed E-state index contributed by atoms with van der Waals surface area (Å²) in [6.45, 7) is 0. The van der Waals surface area contributed by atoms with Crippen LogP contribution in [0, 0.1) is 0 Å². The van der Waals surface area contributed by atoms with Crippen molar-refractivity contribution in [2.75, 3.05) is 5.32 Å². The standard InChI is InChI=1S/C8H9N7/c9-7(11-8-12-14-15-13-8)10-6-4-2-1-3-5-6/h1-5H,(H4,9,10,11,12,13,14,15). The Hall–Kier alpha value is -2.44. The van der Waals surface area contributed by atoms with Gasteiger partial charge in [-0.3, -0.25) is 0 Å². The Morgan fingerprint density at radius 2 is 2.13 bits per heavy atom. The molecule has 0 bridgehead atoms. The molecular weight excluding hydrogens is 194 g/mol. The first kappa shape index (κ1) is 9.13. The summed E-state index contributed by atoms with van der Waals surface area (Å²) in [5.74, 6) is 0.401. The van der Waals surface area contributed by atoms with E-state index >= 15 is 0 Å². The van der Waals surface area contributed by atoms with Gasteiger partial charge in [-0.1, -0.05) is 23.3 Å². The predicted molar refractivity (Wildman–Crippen MR) is 55.5 cm³/mol. The van der Waals surface area contributed by atoms with Crippen LogP contribution in [-0.2, 0) is 0 Å². The third-order valence-electron chi connectivity index (χ3n) is 1.60. The van der Waals surface area contributed by atoms with Crippen molar-refractivity contribution in [3.63, 3.8) is 0 Å². The van der Waals surface area contributed by atoms with Crippen LogP contribution in [0.4, 0.5) is 11.6 Å². The number of tetrazole rings is 1. The topological polar surface area (TPSA) is 105 Å². The predicted octanol–water partition coefficient (Wildman–Crippen LogP) is 0.258. The lowest BCUT2D eigenvalue weighted by molar-refractivity contribution is 0.881. The van der Waals surface area contributed by atoms with Crippen molar-refractivity contribution in [1.82, 2.24) is 20.6 Å². The highest BCUT2D eigenvalue weighted by atomic mass is 15.5. The first-order valence-corrected chi connectivity index (χ1v) is 4.24. The largest absolute Gasteiger partial charge is 0.369 e. The van der Waals surface area contributed by atoms with E-state index in [2.05, 4.69) is 30.9 Å². The number of H-pyrrole nitrogens is 1. The van der Waals surface area contributed by atoms with E-state index in [4.69, 9.17) is 5.73 Å². The van der Waals surface area contributed by atoms with Crippen molar-refractivity contribution in [3.05, 3.63) is 30.3 Å². The number of nitrogens with two attached hydrogens (primary N) is 1. The van der Waals surface area contributed by atoms with E-state index < -0.39 is 0 Å². The highest BCUT2D eigenvalue weighted by Gasteiger charge is 1.97. The van der Waals surface area contributed by atoms with Gasteiger partial charge in [-0.05, 0) is 17.3 Å². The number of hydrogen-bond acceptors (Lipinski definition) is 4. The van der Waals surface area contributed by atoms with Crippen LogP contribution in [0.3, 0.4) is 0 Å². The molecule has 0 saturated carbocycles. The zero-order chi connectivity index (χ0) is 10.5. The molecule has 7 nitrogen and oxygen atoms in total. The second kappa shape index (κ2) is 4.18. The molecule has 1 aromatic heterocycles. The van der Waals surface area contributed by atoms with Gasteiger partial charge in [0, 0.05) is 5.69 Å². The van der Waals surface area contributed by atoms with E-state index in [1.165, 1.54) is 0 Å². The minimum atomic E-state index is 0.191. The molecule has 0 unspecified atom stereocenters. The molecule has 0 amide bonds. The summed E-state index contributed by atoms with van der Waals surface area (Å²) in [6, 6.07) is 9.45. The molecule has 0 saturated heterocycles. The zero-order valence-corrected chi connectivity index (χ0v) is 7.75. The molecule has 15 heavy (non-hydrogen) atoms. The quantitative estimate of drug-likeness (QED) is 0.479. The van der Waals surface area contributed by atoms with Crippen molar-refractivity contribution >= 4 is 17.6 Å². The van der Waals surface area contributed by atoms with Gasteiger partial charge in [-0.25, -0.2) is 0 Å². The van der Waals surface area contributed by atoms with E-state index in [0.717, 1.165) is 5.69 Å². The number of hydrogen-bond donors (Lipinski definition) is 3. The average Bonchev–Trinajstić information content (AvgIpc) is 2.71. The normalized spacial score (nSPS) is 11.3. The molecule has 0 aliphatic heterocycles. The number of nitrogens with zero attached hydrogens (tertiary/aromatic N) is 4. The number of aliphatic imine (C=N–C) groups is 1. The summed E-state index contributed by atoms with van der Waals surface area (Å²) in [7, 11) is 0. The molecule has 0 fully saturated rings. The number of nitrogens with one attached hydrogen (secondary N) is 2. The van der Waals surface area contributed by atoms with Crippen LogP contribution in [-0.4, -0.2) is 26.6 Å². The number of para-hydroxylation sites is 1. The zero-order valence-electron chi connectivity index (χ0n) is 7.75. The molecule has 7 heteroatoms. The summed E-state index contributed by atoms with van der Waals surface area (Å²) in [5, 5.41) is 15.8. The maximum atomic E-state index is 5.61. The number of rotatable bonds is 2. The van der Waals surface area contributed by atoms with Crippen molar-refractivity contribution in [1.29, 1.82) is 0 Å². The number of guanidine groups is 1. The van der Waals surface area contributed by atoms with E-state index in [0.29, 0.717) is 0 Å². The maximum absolute atomic E-state index is 5.61. The number of anilines is 1. The van der Waals surface area contributed by atoms with Gasteiger partial charge in [0.05, 0.1) is 0 Å². The molecule has 1 heterocycles. The highest BCUT2D eigenvalue weighted by molar-refractivity contribution is 5.93. The molecule has 2 rings (SSSR count). The highest BCUT2D eigenvalue weighted by Crippen LogP contribution is 2.05. The Balaban J connectivity index is 2.07. The van der Waals surface area contributed by atoms with E-state index in [1.807, 2.05) is 30.3 Å². The Labute approximate surface area is 85.4 Å². The van der Waals surface area contributed by atoms with Crippen LogP contribution in [0.25, 0.3) is 0 Å². The van der Waals surface area contributed by atoms with Crippen LogP contribution in [0.5, 0.6) is 0 Å². The Morgan fingerprint density at radius 3 is 2.80 bits per heavy atom. The number of benzene rings is 1. The van der Waals surface area contributed by atoms with Gasteiger partial charge < -0.3 is 11.1 Å². The third-order valence-corrected chi connectivity index (χ3v) is 1.60. The summed E-state index contributed by atoms with van der Waals surface area (Å²) >= 11 is 0. The van der Waals surface area contributed by atoms with Crippen LogP contribution >= 0.6 is 0 Å². The van der Waals surface area contributed by atoms with Gasteiger partial charge in [-0.15, -0.1) is 5.10 Å². The fourth-order valence-corrected chi connectivity index (χ4v) is 1.01. The molecule has 0 atom stereocenters. The van der Waals surface area contributed by atoms with Gasteiger partial charge in [0.2, 0.25) is 5.96 Å². The first-order valence-electron chi connectivity index (χ1n) is 4.24. The molecule has 0 aliphatic carbocycles. The lowest BCUT2D eigenvalue weighted by Crippen LogP contribution is -2.21. The van der Waals surface area contributed by atoms with Gasteiger partial charge >= 0.3 is 0 Å². The summed E-state index contributed by atoms with van der Waals surface area (Å²) in [6.07, 6.45) is 0. The fourth-order valence-electron chi connectivity index (χ4n) is 1.01. The van der Waals surface area contributed by atoms with Crippen LogP contribution in [0.1, 0.15) is 0 Å². The third kappa shape index (κ3) is 2.50. The van der Waals surface area contributed by atoms with Crippen molar-refractivity contribution in [3.8, 4) is 0 Å². The van der Waals surface area contributed by atoms with Gasteiger partial charge in [0.15, 0.2) is 0 Å². The van der Waals surface area contributed by atoms with Gasteiger partial charge in [0.25, 0.3) is 5.95 Å². The minimum absolute atomic E-state index is 0.191. The van der Waals surface area contributed by atoms with Gasteiger partial charge in [0.1, 0.15) is 0 Å². The SMILES string of the molecule is N/C(=N\c1nn[nH]n1)Nc1ccccc1. The molecule has 4 N–H and O–H groups in total. The van der Waals surface area contributed by atoms with E-state index in [-0.39, 0.29) is 11.9 Å². The molecule has 1 aromatic carbocycles. The van der Waals surface area contributed by atoms with E-state index in [1.54, 1.807) is 0 Å². The fraction of sp³-hybridized carbons (Fsp3) is 0. The second-order valence-corrected chi connectivity index (χ2v) is 2.70. The lowest BCUT2D eigenvalue weighted by Gasteiger charge is -2.02. The molecule has 0 spiro atoms. The van der Waals surface area contributed by atoms with Crippen molar-refractivity contribution < 1.29 is 0 Å². The van der Waals surface area contributed by atoms with Crippen LogP contribution in [0.15, 0.2) is 35.3 Å². The van der Waals surface area contributed by atoms with E-state index in [9.17, 15) is 0 Å². The molecule has 0 radical (unpaired) electrons. The van der Waals surface area contributed by atoms with Gasteiger partial charge in [-0.2, -0.15) is 10.2 Å². The molecule has 76 valence electrons. The average molecular weight is 203 g/mol. The van der Waals surface area contributed by atoms with Crippen molar-refractivity contribution in [2.45, 2.75) is 0 Å². The Morgan fingerprint density at radius 1 is 1.33 bits per heavy atom. The maximum Gasteiger partial charge on any atom is 0.292 e. The van der Waals surface area contributed by atoms with Crippen molar-refractivity contribution in [2.24, 2.45) is 10.7 Å². The number of aromatic nitrogens is 4. The monoisotopic (exact) mass is 203 g/mol. The first-order chi connectivity index (χ1) is 7.34. The summed E-state index contributed by atoms with van der Waals surface area (Å²) in [5.41, 5.74) is 6.46. The smallest absolute Gasteiger partial charge is 0.292 e. The summed E-state index contributed by atoms with van der Waals surface area (Å²) in [4.78, 5) is 3.88. The molecule has 2 aromatic rings. The minimum Gasteiger partial charge on any atom is -0.369 e. The lowest BCUT2D eigenvalue weighted by atomic mass is 10.3. The summed E-state index contributed by atoms with van der Waals surface area (Å²) < 4.78 is 0. The number of aromatic amines is 1.